The summed E-state index contributed by atoms with van der Waals surface area (Å²) >= 11 is 0. The van der Waals surface area contributed by atoms with Crippen LogP contribution in [0.25, 0.3) is 16.9 Å². The summed E-state index contributed by atoms with van der Waals surface area (Å²) in [5, 5.41) is 12.0. The van der Waals surface area contributed by atoms with E-state index in [9.17, 15) is 8.42 Å². The summed E-state index contributed by atoms with van der Waals surface area (Å²) in [7, 11) is -3.38. The maximum absolute atomic E-state index is 12.0. The molecule has 0 saturated carbocycles. The summed E-state index contributed by atoms with van der Waals surface area (Å²) in [5.74, 6) is 0.693. The molecule has 0 atom stereocenters. The number of aryl methyl sites for hydroxylation is 1. The first-order valence-corrected chi connectivity index (χ1v) is 8.72. The van der Waals surface area contributed by atoms with E-state index in [0.29, 0.717) is 22.9 Å². The first-order valence-electron chi connectivity index (χ1n) is 7.18. The average molecular weight is 331 g/mol. The molecule has 8 heteroatoms. The third kappa shape index (κ3) is 3.02. The third-order valence-electron chi connectivity index (χ3n) is 3.46. The molecule has 0 unspecified atom stereocenters. The van der Waals surface area contributed by atoms with E-state index in [0.717, 1.165) is 5.56 Å². The molecule has 0 fully saturated rings. The highest BCUT2D eigenvalue weighted by atomic mass is 32.2. The maximum atomic E-state index is 12.0. The van der Waals surface area contributed by atoms with E-state index < -0.39 is 15.3 Å². The summed E-state index contributed by atoms with van der Waals surface area (Å²) in [6.07, 6.45) is 0. The standard InChI is InChI=1S/C15H17N5O2S/c1-10(2)23(21,22)19-13-6-4-5-12(9-13)14-7-8-15-17-16-11(3)20(15)18-14/h4-10,19H,1-3H3. The lowest BCUT2D eigenvalue weighted by Crippen LogP contribution is -2.22. The van der Waals surface area contributed by atoms with Crippen molar-refractivity contribution in [2.45, 2.75) is 26.0 Å². The van der Waals surface area contributed by atoms with Crippen LogP contribution >= 0.6 is 0 Å². The molecular weight excluding hydrogens is 314 g/mol. The zero-order valence-corrected chi connectivity index (χ0v) is 13.9. The van der Waals surface area contributed by atoms with Crippen molar-refractivity contribution in [3.63, 3.8) is 0 Å². The van der Waals surface area contributed by atoms with Crippen LogP contribution in [0.2, 0.25) is 0 Å². The monoisotopic (exact) mass is 331 g/mol. The molecule has 1 N–H and O–H groups in total. The molecule has 0 bridgehead atoms. The number of hydrogen-bond acceptors (Lipinski definition) is 5. The highest BCUT2D eigenvalue weighted by molar-refractivity contribution is 7.93. The number of rotatable bonds is 4. The number of nitrogens with zero attached hydrogens (tertiary/aromatic N) is 4. The van der Waals surface area contributed by atoms with Gasteiger partial charge in [-0.2, -0.15) is 9.61 Å². The van der Waals surface area contributed by atoms with Crippen molar-refractivity contribution in [1.29, 1.82) is 0 Å². The first kappa shape index (κ1) is 15.4. The fraction of sp³-hybridized carbons (Fsp3) is 0.267. The smallest absolute Gasteiger partial charge is 0.235 e. The minimum Gasteiger partial charge on any atom is -0.283 e. The second-order valence-corrected chi connectivity index (χ2v) is 7.75. The van der Waals surface area contributed by atoms with E-state index in [1.54, 1.807) is 36.6 Å². The average Bonchev–Trinajstić information content (AvgIpc) is 2.88. The topological polar surface area (TPSA) is 89.2 Å². The Labute approximate surface area is 134 Å². The molecule has 120 valence electrons. The number of anilines is 1. The van der Waals surface area contributed by atoms with Gasteiger partial charge in [-0.25, -0.2) is 8.42 Å². The zero-order chi connectivity index (χ0) is 16.6. The van der Waals surface area contributed by atoms with Crippen LogP contribution in [-0.4, -0.2) is 33.5 Å². The molecular formula is C15H17N5O2S. The van der Waals surface area contributed by atoms with Gasteiger partial charge in [0.05, 0.1) is 10.9 Å². The van der Waals surface area contributed by atoms with E-state index in [1.807, 2.05) is 25.1 Å². The van der Waals surface area contributed by atoms with E-state index >= 15 is 0 Å². The van der Waals surface area contributed by atoms with E-state index in [1.165, 1.54) is 0 Å². The molecule has 0 spiro atoms. The number of sulfonamides is 1. The molecule has 0 aliphatic carbocycles. The Morgan fingerprint density at radius 3 is 2.65 bits per heavy atom. The minimum absolute atomic E-state index is 0.500. The maximum Gasteiger partial charge on any atom is 0.235 e. The molecule has 2 heterocycles. The van der Waals surface area contributed by atoms with Gasteiger partial charge in [-0.3, -0.25) is 4.72 Å². The Balaban J connectivity index is 1.99. The van der Waals surface area contributed by atoms with Crippen molar-refractivity contribution < 1.29 is 8.42 Å². The van der Waals surface area contributed by atoms with Crippen LogP contribution in [0.5, 0.6) is 0 Å². The van der Waals surface area contributed by atoms with E-state index in [4.69, 9.17) is 0 Å². The van der Waals surface area contributed by atoms with Gasteiger partial charge in [0.25, 0.3) is 0 Å². The molecule has 0 radical (unpaired) electrons. The molecule has 23 heavy (non-hydrogen) atoms. The van der Waals surface area contributed by atoms with Crippen LogP contribution in [-0.2, 0) is 10.0 Å². The molecule has 0 saturated heterocycles. The summed E-state index contributed by atoms with van der Waals surface area (Å²) in [6.45, 7) is 5.09. The lowest BCUT2D eigenvalue weighted by atomic mass is 10.1. The van der Waals surface area contributed by atoms with Crippen LogP contribution in [0.1, 0.15) is 19.7 Å². The summed E-state index contributed by atoms with van der Waals surface area (Å²) in [5.41, 5.74) is 2.71. The molecule has 1 aromatic carbocycles. The summed E-state index contributed by atoms with van der Waals surface area (Å²) < 4.78 is 28.2. The predicted octanol–water partition coefficient (Wildman–Crippen LogP) is 2.25. The molecule has 2 aromatic heterocycles. The van der Waals surface area contributed by atoms with Crippen LogP contribution < -0.4 is 4.72 Å². The molecule has 3 aromatic rings. The largest absolute Gasteiger partial charge is 0.283 e. The second kappa shape index (κ2) is 5.62. The zero-order valence-electron chi connectivity index (χ0n) is 13.1. The highest BCUT2D eigenvalue weighted by Crippen LogP contribution is 2.22. The van der Waals surface area contributed by atoms with Crippen LogP contribution in [0.3, 0.4) is 0 Å². The normalized spacial score (nSPS) is 12.0. The van der Waals surface area contributed by atoms with Gasteiger partial charge in [-0.05, 0) is 45.0 Å². The van der Waals surface area contributed by atoms with Crippen molar-refractivity contribution >= 4 is 21.4 Å². The van der Waals surface area contributed by atoms with Crippen LogP contribution in [0.15, 0.2) is 36.4 Å². The van der Waals surface area contributed by atoms with Gasteiger partial charge in [-0.15, -0.1) is 10.2 Å². The van der Waals surface area contributed by atoms with Crippen LogP contribution in [0, 0.1) is 6.92 Å². The van der Waals surface area contributed by atoms with Crippen molar-refractivity contribution in [2.75, 3.05) is 4.72 Å². The van der Waals surface area contributed by atoms with Gasteiger partial charge in [0.1, 0.15) is 0 Å². The van der Waals surface area contributed by atoms with Gasteiger partial charge in [0, 0.05) is 11.3 Å². The molecule has 3 rings (SSSR count). The molecule has 0 amide bonds. The van der Waals surface area contributed by atoms with Gasteiger partial charge in [0.15, 0.2) is 11.5 Å². The fourth-order valence-electron chi connectivity index (χ4n) is 2.07. The number of fused-ring (bicyclic) bond motifs is 1. The third-order valence-corrected chi connectivity index (χ3v) is 5.22. The van der Waals surface area contributed by atoms with Gasteiger partial charge < -0.3 is 0 Å². The minimum atomic E-state index is -3.38. The Bertz CT molecular complexity index is 963. The first-order chi connectivity index (χ1) is 10.9. The Morgan fingerprint density at radius 1 is 1.13 bits per heavy atom. The van der Waals surface area contributed by atoms with Gasteiger partial charge in [-0.1, -0.05) is 12.1 Å². The molecule has 7 nitrogen and oxygen atoms in total. The number of nitrogens with one attached hydrogen (secondary N) is 1. The van der Waals surface area contributed by atoms with E-state index in [2.05, 4.69) is 20.0 Å². The lowest BCUT2D eigenvalue weighted by molar-refractivity contribution is 0.593. The SMILES string of the molecule is Cc1nnc2ccc(-c3cccc(NS(=O)(=O)C(C)C)c3)nn12. The van der Waals surface area contributed by atoms with Gasteiger partial charge >= 0.3 is 0 Å². The van der Waals surface area contributed by atoms with E-state index in [-0.39, 0.29) is 0 Å². The number of hydrogen-bond donors (Lipinski definition) is 1. The highest BCUT2D eigenvalue weighted by Gasteiger charge is 2.16. The lowest BCUT2D eigenvalue weighted by Gasteiger charge is -2.11. The quantitative estimate of drug-likeness (QED) is 0.792. The molecule has 0 aliphatic heterocycles. The summed E-state index contributed by atoms with van der Waals surface area (Å²) in [6, 6.07) is 10.8. The summed E-state index contributed by atoms with van der Waals surface area (Å²) in [4.78, 5) is 0. The number of benzene rings is 1. The fourth-order valence-corrected chi connectivity index (χ4v) is 2.77. The van der Waals surface area contributed by atoms with Gasteiger partial charge in [0.2, 0.25) is 10.0 Å². The van der Waals surface area contributed by atoms with Crippen molar-refractivity contribution in [1.82, 2.24) is 19.8 Å². The van der Waals surface area contributed by atoms with Crippen molar-refractivity contribution in [2.24, 2.45) is 0 Å². The number of aromatic nitrogens is 4. The Hall–Kier alpha value is -2.48. The van der Waals surface area contributed by atoms with Crippen molar-refractivity contribution in [3.05, 3.63) is 42.2 Å². The Morgan fingerprint density at radius 2 is 1.91 bits per heavy atom. The van der Waals surface area contributed by atoms with Crippen LogP contribution in [0.4, 0.5) is 5.69 Å². The second-order valence-electron chi connectivity index (χ2n) is 5.51. The predicted molar refractivity (Wildman–Crippen MR) is 88.6 cm³/mol. The Kier molecular flexibility index (Phi) is 3.77. The van der Waals surface area contributed by atoms with Crippen molar-refractivity contribution in [3.8, 4) is 11.3 Å². The molecule has 0 aliphatic rings.